The van der Waals surface area contributed by atoms with E-state index >= 15 is 0 Å². The van der Waals surface area contributed by atoms with Crippen LogP contribution in [0.25, 0.3) is 0 Å². The molecule has 1 saturated heterocycles. The molecule has 5 nitrogen and oxygen atoms in total. The summed E-state index contributed by atoms with van der Waals surface area (Å²) in [6.45, 7) is 1.12. The van der Waals surface area contributed by atoms with Gasteiger partial charge in [-0.3, -0.25) is 4.79 Å². The van der Waals surface area contributed by atoms with Gasteiger partial charge in [-0.2, -0.15) is 0 Å². The third-order valence-electron chi connectivity index (χ3n) is 4.15. The van der Waals surface area contributed by atoms with E-state index in [1.807, 2.05) is 30.0 Å². The van der Waals surface area contributed by atoms with Crippen LogP contribution in [0.4, 0.5) is 4.39 Å². The molecule has 1 atom stereocenters. The van der Waals surface area contributed by atoms with Crippen molar-refractivity contribution < 1.29 is 13.6 Å². The maximum Gasteiger partial charge on any atom is 0.237 e. The summed E-state index contributed by atoms with van der Waals surface area (Å²) in [6.07, 6.45) is 3.97. The Morgan fingerprint density at radius 3 is 3.04 bits per heavy atom. The number of benzene rings is 1. The molecule has 0 N–H and O–H groups in total. The van der Waals surface area contributed by atoms with Gasteiger partial charge in [0, 0.05) is 13.0 Å². The summed E-state index contributed by atoms with van der Waals surface area (Å²) in [7, 11) is 3.76. The zero-order valence-electron chi connectivity index (χ0n) is 14.0. The molecule has 3 rings (SSSR count). The number of oxazole rings is 1. The van der Waals surface area contributed by atoms with Crippen molar-refractivity contribution in [1.82, 2.24) is 14.8 Å². The lowest BCUT2D eigenvalue weighted by Gasteiger charge is -2.23. The van der Waals surface area contributed by atoms with E-state index < -0.39 is 0 Å². The minimum atomic E-state index is -0.261. The fourth-order valence-corrected chi connectivity index (χ4v) is 3.09. The second-order valence-electron chi connectivity index (χ2n) is 6.45. The van der Waals surface area contributed by atoms with Crippen LogP contribution in [-0.2, 0) is 11.2 Å². The van der Waals surface area contributed by atoms with E-state index in [0.717, 1.165) is 24.9 Å². The average Bonchev–Trinajstić information content (AvgIpc) is 3.14. The first-order chi connectivity index (χ1) is 11.5. The van der Waals surface area contributed by atoms with Crippen LogP contribution >= 0.6 is 0 Å². The number of aromatic nitrogens is 1. The number of carbonyl (C=O) groups excluding carboxylic acids is 1. The first-order valence-corrected chi connectivity index (χ1v) is 8.16. The Morgan fingerprint density at radius 1 is 1.46 bits per heavy atom. The summed E-state index contributed by atoms with van der Waals surface area (Å²) in [5.74, 6) is 1.09. The number of nitrogens with zero attached hydrogens (tertiary/aromatic N) is 3. The minimum absolute atomic E-state index is 0.0902. The van der Waals surface area contributed by atoms with Crippen LogP contribution in [0.3, 0.4) is 0 Å². The van der Waals surface area contributed by atoms with Gasteiger partial charge < -0.3 is 14.2 Å². The number of hydrogen-bond donors (Lipinski definition) is 0. The SMILES string of the molecule is CN(C)CC(=O)N1CCCC1c1ncc(Cc2cccc(F)c2)o1. The lowest BCUT2D eigenvalue weighted by Crippen LogP contribution is -2.37. The summed E-state index contributed by atoms with van der Waals surface area (Å²) in [4.78, 5) is 20.4. The number of likely N-dealkylation sites (tertiary alicyclic amines) is 1. The molecule has 0 radical (unpaired) electrons. The molecule has 0 bridgehead atoms. The summed E-state index contributed by atoms with van der Waals surface area (Å²) in [5, 5.41) is 0. The highest BCUT2D eigenvalue weighted by molar-refractivity contribution is 5.78. The van der Waals surface area contributed by atoms with E-state index in [1.54, 1.807) is 12.3 Å². The van der Waals surface area contributed by atoms with Crippen LogP contribution in [0, 0.1) is 5.82 Å². The van der Waals surface area contributed by atoms with Crippen LogP contribution in [0.15, 0.2) is 34.9 Å². The van der Waals surface area contributed by atoms with Crippen molar-refractivity contribution in [2.45, 2.75) is 25.3 Å². The van der Waals surface area contributed by atoms with E-state index in [-0.39, 0.29) is 17.8 Å². The van der Waals surface area contributed by atoms with E-state index in [1.165, 1.54) is 12.1 Å². The van der Waals surface area contributed by atoms with Gasteiger partial charge in [-0.25, -0.2) is 9.37 Å². The molecular weight excluding hydrogens is 309 g/mol. The molecule has 0 aliphatic carbocycles. The standard InChI is InChI=1S/C18H22FN3O2/c1-21(2)12-17(23)22-8-4-7-16(22)18-20-11-15(24-18)10-13-5-3-6-14(19)9-13/h3,5-6,9,11,16H,4,7-8,10,12H2,1-2H3. The van der Waals surface area contributed by atoms with Gasteiger partial charge in [0.1, 0.15) is 17.6 Å². The zero-order chi connectivity index (χ0) is 17.1. The van der Waals surface area contributed by atoms with Crippen molar-refractivity contribution in [1.29, 1.82) is 0 Å². The van der Waals surface area contributed by atoms with E-state index in [2.05, 4.69) is 4.98 Å². The molecule has 24 heavy (non-hydrogen) atoms. The molecule has 2 aromatic rings. The highest BCUT2D eigenvalue weighted by Crippen LogP contribution is 2.32. The van der Waals surface area contributed by atoms with Gasteiger partial charge in [0.25, 0.3) is 0 Å². The molecule has 2 heterocycles. The van der Waals surface area contributed by atoms with Crippen molar-refractivity contribution in [3.63, 3.8) is 0 Å². The number of carbonyl (C=O) groups is 1. The van der Waals surface area contributed by atoms with Crippen LogP contribution < -0.4 is 0 Å². The van der Waals surface area contributed by atoms with Gasteiger partial charge in [0.2, 0.25) is 11.8 Å². The minimum Gasteiger partial charge on any atom is -0.443 e. The third kappa shape index (κ3) is 3.82. The smallest absolute Gasteiger partial charge is 0.237 e. The molecule has 1 aromatic carbocycles. The molecule has 1 aliphatic heterocycles. The average molecular weight is 331 g/mol. The Kier molecular flexibility index (Phi) is 4.94. The zero-order valence-corrected chi connectivity index (χ0v) is 14.0. The number of likely N-dealkylation sites (N-methyl/N-ethyl adjacent to an activating group) is 1. The summed E-state index contributed by atoms with van der Waals surface area (Å²) < 4.78 is 19.1. The Balaban J connectivity index is 1.71. The molecule has 1 fully saturated rings. The Morgan fingerprint density at radius 2 is 2.29 bits per heavy atom. The van der Waals surface area contributed by atoms with Gasteiger partial charge in [-0.1, -0.05) is 12.1 Å². The maximum atomic E-state index is 13.3. The Labute approximate surface area is 141 Å². The van der Waals surface area contributed by atoms with Gasteiger partial charge in [0.05, 0.1) is 12.7 Å². The lowest BCUT2D eigenvalue weighted by molar-refractivity contribution is -0.133. The topological polar surface area (TPSA) is 49.6 Å². The van der Waals surface area contributed by atoms with Crippen molar-refractivity contribution >= 4 is 5.91 Å². The van der Waals surface area contributed by atoms with Crippen LogP contribution in [0.1, 0.15) is 36.1 Å². The van der Waals surface area contributed by atoms with E-state index in [0.29, 0.717) is 24.6 Å². The first-order valence-electron chi connectivity index (χ1n) is 8.16. The number of amides is 1. The first kappa shape index (κ1) is 16.6. The quantitative estimate of drug-likeness (QED) is 0.845. The normalized spacial score (nSPS) is 17.7. The molecule has 1 amide bonds. The molecule has 0 spiro atoms. The monoisotopic (exact) mass is 331 g/mol. The number of halogens is 1. The summed E-state index contributed by atoms with van der Waals surface area (Å²) in [5.41, 5.74) is 0.838. The molecular formula is C18H22FN3O2. The Hall–Kier alpha value is -2.21. The second kappa shape index (κ2) is 7.13. The van der Waals surface area contributed by atoms with Gasteiger partial charge in [-0.15, -0.1) is 0 Å². The molecule has 6 heteroatoms. The summed E-state index contributed by atoms with van der Waals surface area (Å²) in [6, 6.07) is 6.35. The fourth-order valence-electron chi connectivity index (χ4n) is 3.09. The predicted molar refractivity (Wildman–Crippen MR) is 88.0 cm³/mol. The molecule has 1 aliphatic rings. The molecule has 128 valence electrons. The lowest BCUT2D eigenvalue weighted by atomic mass is 10.1. The number of rotatable bonds is 5. The second-order valence-corrected chi connectivity index (χ2v) is 6.45. The van der Waals surface area contributed by atoms with E-state index in [4.69, 9.17) is 4.42 Å². The van der Waals surface area contributed by atoms with Crippen LogP contribution in [-0.4, -0.2) is 47.9 Å². The van der Waals surface area contributed by atoms with Gasteiger partial charge in [0.15, 0.2) is 0 Å². The number of hydrogen-bond acceptors (Lipinski definition) is 4. The molecule has 1 unspecified atom stereocenters. The highest BCUT2D eigenvalue weighted by atomic mass is 19.1. The molecule has 0 saturated carbocycles. The van der Waals surface area contributed by atoms with Crippen molar-refractivity contribution in [2.75, 3.05) is 27.2 Å². The Bertz CT molecular complexity index is 714. The van der Waals surface area contributed by atoms with Crippen molar-refractivity contribution in [3.8, 4) is 0 Å². The fraction of sp³-hybridized carbons (Fsp3) is 0.444. The third-order valence-corrected chi connectivity index (χ3v) is 4.15. The van der Waals surface area contributed by atoms with Crippen molar-refractivity contribution in [3.05, 3.63) is 53.5 Å². The largest absolute Gasteiger partial charge is 0.443 e. The highest BCUT2D eigenvalue weighted by Gasteiger charge is 2.33. The van der Waals surface area contributed by atoms with Crippen LogP contribution in [0.5, 0.6) is 0 Å². The molecule has 1 aromatic heterocycles. The summed E-state index contributed by atoms with van der Waals surface area (Å²) >= 11 is 0. The van der Waals surface area contributed by atoms with Crippen LogP contribution in [0.2, 0.25) is 0 Å². The van der Waals surface area contributed by atoms with E-state index in [9.17, 15) is 9.18 Å². The van der Waals surface area contributed by atoms with Crippen molar-refractivity contribution in [2.24, 2.45) is 0 Å². The maximum absolute atomic E-state index is 13.3. The van der Waals surface area contributed by atoms with Gasteiger partial charge in [-0.05, 0) is 44.6 Å². The van der Waals surface area contributed by atoms with Gasteiger partial charge >= 0.3 is 0 Å². The predicted octanol–water partition coefficient (Wildman–Crippen LogP) is 2.63.